The highest BCUT2D eigenvalue weighted by atomic mass is 16.3. The Morgan fingerprint density at radius 3 is 1.96 bits per heavy atom. The summed E-state index contributed by atoms with van der Waals surface area (Å²) in [6.07, 6.45) is 1.08. The Hall–Kier alpha value is -2.13. The number of rotatable bonds is 7. The van der Waals surface area contributed by atoms with Crippen LogP contribution < -0.4 is 5.32 Å². The van der Waals surface area contributed by atoms with Gasteiger partial charge in [0, 0.05) is 6.54 Å². The molecule has 0 fully saturated rings. The number of carbonyl (C=O) groups is 1. The summed E-state index contributed by atoms with van der Waals surface area (Å²) in [6, 6.07) is 19.5. The molecule has 0 radical (unpaired) electrons. The smallest absolute Gasteiger partial charge is 0.234 e. The SMILES string of the molecule is CCCC(O)CNC(=O)C(C)(c1ccccc1)c1ccccc1. The van der Waals surface area contributed by atoms with Crippen molar-refractivity contribution in [2.24, 2.45) is 0 Å². The Kier molecular flexibility index (Phi) is 5.94. The van der Waals surface area contributed by atoms with E-state index >= 15 is 0 Å². The zero-order valence-corrected chi connectivity index (χ0v) is 13.8. The average molecular weight is 311 g/mol. The molecule has 0 aliphatic carbocycles. The minimum Gasteiger partial charge on any atom is -0.391 e. The predicted molar refractivity (Wildman–Crippen MR) is 93.3 cm³/mol. The second-order valence-corrected chi connectivity index (χ2v) is 6.01. The van der Waals surface area contributed by atoms with Gasteiger partial charge in [-0.15, -0.1) is 0 Å². The van der Waals surface area contributed by atoms with Crippen LogP contribution in [0.15, 0.2) is 60.7 Å². The fourth-order valence-electron chi connectivity index (χ4n) is 2.79. The summed E-state index contributed by atoms with van der Waals surface area (Å²) >= 11 is 0. The fourth-order valence-corrected chi connectivity index (χ4v) is 2.79. The normalized spacial score (nSPS) is 12.7. The van der Waals surface area contributed by atoms with Crippen LogP contribution in [0.5, 0.6) is 0 Å². The fraction of sp³-hybridized carbons (Fsp3) is 0.350. The van der Waals surface area contributed by atoms with Crippen LogP contribution in [0.2, 0.25) is 0 Å². The quantitative estimate of drug-likeness (QED) is 0.824. The molecule has 2 rings (SSSR count). The van der Waals surface area contributed by atoms with E-state index in [1.165, 1.54) is 0 Å². The lowest BCUT2D eigenvalue weighted by atomic mass is 9.75. The molecular weight excluding hydrogens is 286 g/mol. The summed E-state index contributed by atoms with van der Waals surface area (Å²) in [4.78, 5) is 13.0. The van der Waals surface area contributed by atoms with Gasteiger partial charge in [0.05, 0.1) is 11.5 Å². The third-order valence-corrected chi connectivity index (χ3v) is 4.28. The van der Waals surface area contributed by atoms with Crippen molar-refractivity contribution in [3.63, 3.8) is 0 Å². The number of aliphatic hydroxyl groups is 1. The first-order valence-electron chi connectivity index (χ1n) is 8.16. The van der Waals surface area contributed by atoms with Gasteiger partial charge < -0.3 is 10.4 Å². The molecule has 2 N–H and O–H groups in total. The van der Waals surface area contributed by atoms with Crippen molar-refractivity contribution >= 4 is 5.91 Å². The lowest BCUT2D eigenvalue weighted by Crippen LogP contribution is -2.45. The van der Waals surface area contributed by atoms with Crippen LogP contribution >= 0.6 is 0 Å². The largest absolute Gasteiger partial charge is 0.391 e. The van der Waals surface area contributed by atoms with Crippen LogP contribution in [0.4, 0.5) is 0 Å². The average Bonchev–Trinajstić information content (AvgIpc) is 2.60. The van der Waals surface area contributed by atoms with Crippen LogP contribution in [0, 0.1) is 0 Å². The first kappa shape index (κ1) is 17.2. The van der Waals surface area contributed by atoms with Crippen LogP contribution in [-0.4, -0.2) is 23.7 Å². The second-order valence-electron chi connectivity index (χ2n) is 6.01. The van der Waals surface area contributed by atoms with Crippen molar-refractivity contribution < 1.29 is 9.90 Å². The Labute approximate surface area is 138 Å². The molecule has 2 aromatic rings. The van der Waals surface area contributed by atoms with E-state index in [0.29, 0.717) is 6.42 Å². The summed E-state index contributed by atoms with van der Waals surface area (Å²) in [7, 11) is 0. The van der Waals surface area contributed by atoms with E-state index in [9.17, 15) is 9.90 Å². The number of nitrogens with one attached hydrogen (secondary N) is 1. The zero-order valence-electron chi connectivity index (χ0n) is 13.8. The maximum absolute atomic E-state index is 13.0. The molecule has 0 bridgehead atoms. The molecule has 3 heteroatoms. The molecular formula is C20H25NO2. The molecule has 0 spiro atoms. The Morgan fingerprint density at radius 1 is 1.04 bits per heavy atom. The first-order valence-corrected chi connectivity index (χ1v) is 8.16. The van der Waals surface area contributed by atoms with Crippen molar-refractivity contribution in [3.8, 4) is 0 Å². The second kappa shape index (κ2) is 7.93. The molecule has 0 aliphatic heterocycles. The van der Waals surface area contributed by atoms with Gasteiger partial charge in [0.2, 0.25) is 5.91 Å². The van der Waals surface area contributed by atoms with Gasteiger partial charge in [0.15, 0.2) is 0 Å². The monoisotopic (exact) mass is 311 g/mol. The van der Waals surface area contributed by atoms with Crippen molar-refractivity contribution in [1.29, 1.82) is 0 Å². The molecule has 1 atom stereocenters. The maximum Gasteiger partial charge on any atom is 0.234 e. The van der Waals surface area contributed by atoms with E-state index in [0.717, 1.165) is 17.5 Å². The number of amides is 1. The first-order chi connectivity index (χ1) is 11.1. The van der Waals surface area contributed by atoms with E-state index in [-0.39, 0.29) is 12.5 Å². The van der Waals surface area contributed by atoms with E-state index in [1.54, 1.807) is 0 Å². The molecule has 2 aromatic carbocycles. The van der Waals surface area contributed by atoms with Gasteiger partial charge >= 0.3 is 0 Å². The van der Waals surface area contributed by atoms with Crippen molar-refractivity contribution in [1.82, 2.24) is 5.32 Å². The Morgan fingerprint density at radius 2 is 1.52 bits per heavy atom. The summed E-state index contributed by atoms with van der Waals surface area (Å²) in [5.74, 6) is -0.0925. The van der Waals surface area contributed by atoms with Crippen LogP contribution in [0.3, 0.4) is 0 Å². The standard InChI is InChI=1S/C20H25NO2/c1-3-10-18(22)15-21-19(23)20(2,16-11-6-4-7-12-16)17-13-8-5-9-14-17/h4-9,11-14,18,22H,3,10,15H2,1-2H3,(H,21,23). The molecule has 0 heterocycles. The lowest BCUT2D eigenvalue weighted by Gasteiger charge is -2.30. The molecule has 1 unspecified atom stereocenters. The van der Waals surface area contributed by atoms with Crippen molar-refractivity contribution in [3.05, 3.63) is 71.8 Å². The van der Waals surface area contributed by atoms with E-state index in [4.69, 9.17) is 0 Å². The number of hydrogen-bond donors (Lipinski definition) is 2. The summed E-state index contributed by atoms with van der Waals surface area (Å²) in [5, 5.41) is 12.8. The van der Waals surface area contributed by atoms with Gasteiger partial charge in [0.1, 0.15) is 0 Å². The Balaban J connectivity index is 2.30. The van der Waals surface area contributed by atoms with Gasteiger partial charge in [-0.05, 0) is 24.5 Å². The number of aliphatic hydroxyl groups excluding tert-OH is 1. The molecule has 122 valence electrons. The number of benzene rings is 2. The van der Waals surface area contributed by atoms with Crippen LogP contribution in [-0.2, 0) is 10.2 Å². The molecule has 0 aliphatic rings. The van der Waals surface area contributed by atoms with Crippen LogP contribution in [0.25, 0.3) is 0 Å². The molecule has 0 aromatic heterocycles. The van der Waals surface area contributed by atoms with Gasteiger partial charge in [0.25, 0.3) is 0 Å². The van der Waals surface area contributed by atoms with E-state index < -0.39 is 11.5 Å². The third kappa shape index (κ3) is 3.99. The molecule has 0 saturated carbocycles. The van der Waals surface area contributed by atoms with Crippen LogP contribution in [0.1, 0.15) is 37.8 Å². The van der Waals surface area contributed by atoms with Crippen molar-refractivity contribution in [2.45, 2.75) is 38.2 Å². The van der Waals surface area contributed by atoms with Gasteiger partial charge in [-0.1, -0.05) is 74.0 Å². The zero-order chi connectivity index (χ0) is 16.7. The molecule has 1 amide bonds. The number of carbonyl (C=O) groups excluding carboxylic acids is 1. The van der Waals surface area contributed by atoms with E-state index in [2.05, 4.69) is 5.32 Å². The molecule has 3 nitrogen and oxygen atoms in total. The van der Waals surface area contributed by atoms with Gasteiger partial charge in [-0.3, -0.25) is 4.79 Å². The summed E-state index contributed by atoms with van der Waals surface area (Å²) in [6.45, 7) is 4.23. The Bertz CT molecular complexity index is 571. The highest BCUT2D eigenvalue weighted by Gasteiger charge is 2.36. The lowest BCUT2D eigenvalue weighted by molar-refractivity contribution is -0.125. The number of hydrogen-bond acceptors (Lipinski definition) is 2. The summed E-state index contributed by atoms with van der Waals surface area (Å²) in [5.41, 5.74) is 1.09. The highest BCUT2D eigenvalue weighted by molar-refractivity contribution is 5.91. The van der Waals surface area contributed by atoms with Gasteiger partial charge in [-0.25, -0.2) is 0 Å². The van der Waals surface area contributed by atoms with Crippen molar-refractivity contribution in [2.75, 3.05) is 6.54 Å². The third-order valence-electron chi connectivity index (χ3n) is 4.28. The topological polar surface area (TPSA) is 49.3 Å². The predicted octanol–water partition coefficient (Wildman–Crippen LogP) is 3.27. The highest BCUT2D eigenvalue weighted by Crippen LogP contribution is 2.32. The minimum absolute atomic E-state index is 0.0925. The maximum atomic E-state index is 13.0. The molecule has 23 heavy (non-hydrogen) atoms. The molecule has 0 saturated heterocycles. The van der Waals surface area contributed by atoms with Gasteiger partial charge in [-0.2, -0.15) is 0 Å². The minimum atomic E-state index is -0.783. The summed E-state index contributed by atoms with van der Waals surface area (Å²) < 4.78 is 0. The van der Waals surface area contributed by atoms with E-state index in [1.807, 2.05) is 74.5 Å².